The van der Waals surface area contributed by atoms with Crippen LogP contribution in [0.3, 0.4) is 0 Å². The monoisotopic (exact) mass is 384 g/mol. The van der Waals surface area contributed by atoms with Crippen LogP contribution in [0.4, 0.5) is 11.4 Å². The van der Waals surface area contributed by atoms with Crippen molar-refractivity contribution in [2.75, 3.05) is 9.62 Å². The molecular formula is C15H13ClN2O4S2. The van der Waals surface area contributed by atoms with Gasteiger partial charge in [0.2, 0.25) is 11.8 Å². The number of piperidine rings is 1. The van der Waals surface area contributed by atoms with Gasteiger partial charge in [0, 0.05) is 18.5 Å². The van der Waals surface area contributed by atoms with Crippen LogP contribution in [0.5, 0.6) is 0 Å². The van der Waals surface area contributed by atoms with Crippen molar-refractivity contribution >= 4 is 56.2 Å². The van der Waals surface area contributed by atoms with Gasteiger partial charge < -0.3 is 0 Å². The molecular weight excluding hydrogens is 372 g/mol. The number of anilines is 2. The molecule has 0 saturated carbocycles. The normalized spacial score (nSPS) is 15.6. The number of carbonyl (C=O) groups is 2. The molecule has 0 unspecified atom stereocenters. The fourth-order valence-corrected chi connectivity index (χ4v) is 5.14. The molecule has 0 spiro atoms. The van der Waals surface area contributed by atoms with Gasteiger partial charge in [-0.05, 0) is 42.1 Å². The van der Waals surface area contributed by atoms with E-state index < -0.39 is 10.0 Å². The molecule has 126 valence electrons. The molecule has 1 saturated heterocycles. The number of hydrogen-bond acceptors (Lipinski definition) is 5. The second-order valence-corrected chi connectivity index (χ2v) is 8.39. The van der Waals surface area contributed by atoms with E-state index in [-0.39, 0.29) is 21.0 Å². The Morgan fingerprint density at radius 1 is 1.04 bits per heavy atom. The molecule has 3 rings (SSSR count). The van der Waals surface area contributed by atoms with Crippen LogP contribution in [-0.4, -0.2) is 20.2 Å². The highest BCUT2D eigenvalue weighted by molar-refractivity contribution is 7.94. The molecule has 0 radical (unpaired) electrons. The third-order valence-electron chi connectivity index (χ3n) is 3.49. The van der Waals surface area contributed by atoms with Gasteiger partial charge in [-0.2, -0.15) is 0 Å². The molecule has 2 aromatic rings. The van der Waals surface area contributed by atoms with Gasteiger partial charge in [0.15, 0.2) is 4.21 Å². The summed E-state index contributed by atoms with van der Waals surface area (Å²) in [6.45, 7) is 0. The summed E-state index contributed by atoms with van der Waals surface area (Å²) in [5.74, 6) is -0.491. The number of carbonyl (C=O) groups excluding carboxylic acids is 2. The quantitative estimate of drug-likeness (QED) is 0.820. The van der Waals surface area contributed by atoms with Crippen LogP contribution in [-0.2, 0) is 19.6 Å². The molecule has 0 bridgehead atoms. The maximum Gasteiger partial charge on any atom is 0.272 e. The fourth-order valence-electron chi connectivity index (χ4n) is 2.39. The molecule has 2 amide bonds. The summed E-state index contributed by atoms with van der Waals surface area (Å²) in [4.78, 5) is 24.9. The zero-order chi connectivity index (χ0) is 17.3. The van der Waals surface area contributed by atoms with Crippen molar-refractivity contribution in [1.29, 1.82) is 0 Å². The van der Waals surface area contributed by atoms with Crippen molar-refractivity contribution in [3.63, 3.8) is 0 Å². The first-order valence-electron chi connectivity index (χ1n) is 7.10. The Morgan fingerprint density at radius 2 is 1.67 bits per heavy atom. The van der Waals surface area contributed by atoms with Crippen molar-refractivity contribution < 1.29 is 18.0 Å². The van der Waals surface area contributed by atoms with E-state index in [1.54, 1.807) is 5.38 Å². The Balaban J connectivity index is 1.81. The average Bonchev–Trinajstić information content (AvgIpc) is 2.95. The number of sulfonamides is 1. The molecule has 1 aromatic heterocycles. The summed E-state index contributed by atoms with van der Waals surface area (Å²) < 4.78 is 27.0. The van der Waals surface area contributed by atoms with Crippen molar-refractivity contribution in [2.45, 2.75) is 23.5 Å². The summed E-state index contributed by atoms with van der Waals surface area (Å²) in [5, 5.41) is 1.75. The van der Waals surface area contributed by atoms with Gasteiger partial charge in [0.25, 0.3) is 10.0 Å². The molecule has 0 atom stereocenters. The SMILES string of the molecule is O=C1CCCC(=O)N1c1ccc(NS(=O)(=O)c2sccc2Cl)cc1. The lowest BCUT2D eigenvalue weighted by Crippen LogP contribution is -2.40. The smallest absolute Gasteiger partial charge is 0.272 e. The molecule has 0 aliphatic carbocycles. The predicted molar refractivity (Wildman–Crippen MR) is 92.9 cm³/mol. The molecule has 6 nitrogen and oxygen atoms in total. The average molecular weight is 385 g/mol. The fraction of sp³-hybridized carbons (Fsp3) is 0.200. The molecule has 1 aliphatic rings. The molecule has 2 heterocycles. The third kappa shape index (κ3) is 3.31. The summed E-state index contributed by atoms with van der Waals surface area (Å²) in [6, 6.07) is 7.59. The van der Waals surface area contributed by atoms with Gasteiger partial charge in [-0.1, -0.05) is 11.6 Å². The highest BCUT2D eigenvalue weighted by Gasteiger charge is 2.27. The van der Waals surface area contributed by atoms with E-state index in [9.17, 15) is 18.0 Å². The van der Waals surface area contributed by atoms with E-state index in [1.165, 1.54) is 30.3 Å². The van der Waals surface area contributed by atoms with Crippen LogP contribution in [0.15, 0.2) is 39.9 Å². The van der Waals surface area contributed by atoms with Crippen molar-refractivity contribution in [2.24, 2.45) is 0 Å². The Morgan fingerprint density at radius 3 is 2.21 bits per heavy atom. The summed E-state index contributed by atoms with van der Waals surface area (Å²) in [5.41, 5.74) is 0.752. The molecule has 1 aromatic carbocycles. The maximum atomic E-state index is 12.3. The lowest BCUT2D eigenvalue weighted by molar-refractivity contribution is -0.129. The number of thiophene rings is 1. The van der Waals surface area contributed by atoms with Crippen molar-refractivity contribution in [3.8, 4) is 0 Å². The van der Waals surface area contributed by atoms with Crippen LogP contribution >= 0.6 is 22.9 Å². The van der Waals surface area contributed by atoms with Gasteiger partial charge in [-0.3, -0.25) is 19.2 Å². The first-order chi connectivity index (χ1) is 11.4. The second-order valence-electron chi connectivity index (χ2n) is 5.18. The van der Waals surface area contributed by atoms with E-state index in [2.05, 4.69) is 4.72 Å². The van der Waals surface area contributed by atoms with Crippen LogP contribution in [0.25, 0.3) is 0 Å². The van der Waals surface area contributed by atoms with Gasteiger partial charge in [0.1, 0.15) is 0 Å². The van der Waals surface area contributed by atoms with Crippen LogP contribution in [0.1, 0.15) is 19.3 Å². The van der Waals surface area contributed by atoms with Gasteiger partial charge >= 0.3 is 0 Å². The van der Waals surface area contributed by atoms with E-state index in [0.29, 0.717) is 30.6 Å². The first kappa shape index (κ1) is 16.9. The highest BCUT2D eigenvalue weighted by Crippen LogP contribution is 2.30. The van der Waals surface area contributed by atoms with E-state index in [1.807, 2.05) is 0 Å². The van der Waals surface area contributed by atoms with Crippen molar-refractivity contribution in [3.05, 3.63) is 40.7 Å². The third-order valence-corrected chi connectivity index (χ3v) is 6.89. The van der Waals surface area contributed by atoms with Crippen LogP contribution in [0.2, 0.25) is 5.02 Å². The summed E-state index contributed by atoms with van der Waals surface area (Å²) in [6.07, 6.45) is 1.22. The van der Waals surface area contributed by atoms with Crippen LogP contribution in [0, 0.1) is 0 Å². The number of nitrogens with one attached hydrogen (secondary N) is 1. The first-order valence-corrected chi connectivity index (χ1v) is 9.84. The Labute approximate surface area is 148 Å². The van der Waals surface area contributed by atoms with Gasteiger partial charge in [-0.15, -0.1) is 11.3 Å². The van der Waals surface area contributed by atoms with Crippen LogP contribution < -0.4 is 9.62 Å². The number of benzene rings is 1. The zero-order valence-electron chi connectivity index (χ0n) is 12.4. The van der Waals surface area contributed by atoms with E-state index in [4.69, 9.17) is 11.6 Å². The van der Waals surface area contributed by atoms with Gasteiger partial charge in [-0.25, -0.2) is 8.42 Å². The number of rotatable bonds is 4. The lowest BCUT2D eigenvalue weighted by Gasteiger charge is -2.25. The minimum absolute atomic E-state index is 0.0367. The number of hydrogen-bond donors (Lipinski definition) is 1. The molecule has 9 heteroatoms. The van der Waals surface area contributed by atoms with Gasteiger partial charge in [0.05, 0.1) is 10.7 Å². The number of nitrogens with zero attached hydrogens (tertiary/aromatic N) is 1. The highest BCUT2D eigenvalue weighted by atomic mass is 35.5. The molecule has 1 fully saturated rings. The second kappa shape index (κ2) is 6.54. The van der Waals surface area contributed by atoms with Crippen molar-refractivity contribution in [1.82, 2.24) is 0 Å². The summed E-state index contributed by atoms with van der Waals surface area (Å²) >= 11 is 6.88. The molecule has 1 N–H and O–H groups in total. The number of halogens is 1. The summed E-state index contributed by atoms with van der Waals surface area (Å²) in [7, 11) is -3.77. The number of imide groups is 1. The standard InChI is InChI=1S/C15H13ClN2O4S2/c16-12-8-9-23-15(12)24(21,22)17-10-4-6-11(7-5-10)18-13(19)2-1-3-14(18)20/h4-9,17H,1-3H2. The Kier molecular flexibility index (Phi) is 4.62. The largest absolute Gasteiger partial charge is 0.279 e. The zero-order valence-corrected chi connectivity index (χ0v) is 14.7. The van der Waals surface area contributed by atoms with E-state index in [0.717, 1.165) is 16.2 Å². The topological polar surface area (TPSA) is 83.6 Å². The number of amides is 2. The Hall–Kier alpha value is -1.90. The maximum absolute atomic E-state index is 12.3. The lowest BCUT2D eigenvalue weighted by atomic mass is 10.1. The molecule has 1 aliphatic heterocycles. The predicted octanol–water partition coefficient (Wildman–Crippen LogP) is 3.25. The minimum Gasteiger partial charge on any atom is -0.279 e. The Bertz CT molecular complexity index is 874. The van der Waals surface area contributed by atoms with E-state index >= 15 is 0 Å². The minimum atomic E-state index is -3.77. The molecule has 24 heavy (non-hydrogen) atoms.